The molecule has 4 aromatic rings. The van der Waals surface area contributed by atoms with Crippen molar-refractivity contribution in [2.75, 3.05) is 19.0 Å². The van der Waals surface area contributed by atoms with E-state index in [4.69, 9.17) is 32.9 Å². The summed E-state index contributed by atoms with van der Waals surface area (Å²) in [7, 11) is 1.27. The zero-order valence-electron chi connectivity index (χ0n) is 23.2. The molecule has 0 spiro atoms. The van der Waals surface area contributed by atoms with Crippen molar-refractivity contribution in [2.45, 2.75) is 49.5 Å². The van der Waals surface area contributed by atoms with Gasteiger partial charge in [-0.15, -0.1) is 0 Å². The number of rotatable bonds is 6. The van der Waals surface area contributed by atoms with Gasteiger partial charge < -0.3 is 14.6 Å². The van der Waals surface area contributed by atoms with Crippen molar-refractivity contribution >= 4 is 51.8 Å². The second-order valence-corrected chi connectivity index (χ2v) is 11.8. The third kappa shape index (κ3) is 5.52. The minimum Gasteiger partial charge on any atom is -0.465 e. The molecule has 0 aliphatic carbocycles. The number of benzene rings is 3. The molecule has 13 heteroatoms. The summed E-state index contributed by atoms with van der Waals surface area (Å²) in [6.07, 6.45) is -5.28. The predicted molar refractivity (Wildman–Crippen MR) is 158 cm³/mol. The quantitative estimate of drug-likeness (QED) is 0.177. The van der Waals surface area contributed by atoms with Gasteiger partial charge in [-0.25, -0.2) is 14.2 Å². The number of hydrogen-bond acceptors (Lipinski definition) is 5. The van der Waals surface area contributed by atoms with Crippen LogP contribution in [0.1, 0.15) is 46.4 Å². The maximum Gasteiger partial charge on any atom is 0.390 e. The summed E-state index contributed by atoms with van der Waals surface area (Å²) in [6, 6.07) is 13.9. The van der Waals surface area contributed by atoms with Crippen LogP contribution in [0.4, 0.5) is 23.2 Å². The van der Waals surface area contributed by atoms with Crippen LogP contribution in [-0.4, -0.2) is 58.2 Å². The van der Waals surface area contributed by atoms with Crippen LogP contribution < -0.4 is 5.32 Å². The minimum absolute atomic E-state index is 0.101. The van der Waals surface area contributed by atoms with Crippen molar-refractivity contribution < 1.29 is 31.9 Å². The zero-order chi connectivity index (χ0) is 31.3. The van der Waals surface area contributed by atoms with Crippen LogP contribution in [-0.2, 0) is 16.1 Å². The summed E-state index contributed by atoms with van der Waals surface area (Å²) in [4.78, 5) is 32.7. The fraction of sp³-hybridized carbons (Fsp3) is 0.323. The van der Waals surface area contributed by atoms with Crippen LogP contribution in [0.3, 0.4) is 0 Å². The molecule has 1 fully saturated rings. The normalized spacial score (nSPS) is 21.6. The van der Waals surface area contributed by atoms with Crippen LogP contribution in [0.15, 0.2) is 60.7 Å². The Morgan fingerprint density at radius 2 is 1.84 bits per heavy atom. The first-order valence-electron chi connectivity index (χ1n) is 13.9. The number of aromatic nitrogens is 2. The van der Waals surface area contributed by atoms with Crippen LogP contribution in [0, 0.1) is 5.82 Å². The highest BCUT2D eigenvalue weighted by atomic mass is 35.5. The van der Waals surface area contributed by atoms with E-state index in [1.807, 2.05) is 4.57 Å². The largest absolute Gasteiger partial charge is 0.465 e. The third-order valence-electron chi connectivity index (χ3n) is 8.43. The number of carbonyl (C=O) groups is 2. The first-order valence-corrected chi connectivity index (χ1v) is 14.6. The van der Waals surface area contributed by atoms with Gasteiger partial charge in [0.25, 0.3) is 0 Å². The van der Waals surface area contributed by atoms with E-state index in [2.05, 4.69) is 5.32 Å². The molecule has 2 aliphatic heterocycles. The van der Waals surface area contributed by atoms with E-state index < -0.39 is 60.8 Å². The number of amides is 1. The number of esters is 1. The van der Waals surface area contributed by atoms with Gasteiger partial charge in [-0.2, -0.15) is 13.2 Å². The van der Waals surface area contributed by atoms with E-state index in [1.54, 1.807) is 42.5 Å². The molecule has 230 valence electrons. The van der Waals surface area contributed by atoms with E-state index in [0.29, 0.717) is 40.5 Å². The molecule has 0 radical (unpaired) electrons. The number of hydrogen-bond donors (Lipinski definition) is 1. The second-order valence-electron chi connectivity index (χ2n) is 10.9. The number of halogens is 6. The highest BCUT2D eigenvalue weighted by Crippen LogP contribution is 2.53. The molecule has 44 heavy (non-hydrogen) atoms. The molecule has 0 bridgehead atoms. The first-order chi connectivity index (χ1) is 21.0. The van der Waals surface area contributed by atoms with Gasteiger partial charge in [-0.1, -0.05) is 41.4 Å². The molecule has 1 saturated heterocycles. The molecule has 0 unspecified atom stereocenters. The Morgan fingerprint density at radius 3 is 2.57 bits per heavy atom. The van der Waals surface area contributed by atoms with E-state index in [0.717, 1.165) is 0 Å². The van der Waals surface area contributed by atoms with Gasteiger partial charge in [0.2, 0.25) is 5.91 Å². The van der Waals surface area contributed by atoms with Gasteiger partial charge in [-0.3, -0.25) is 9.69 Å². The standard InChI is InChI=1S/C31H26Cl2F4N4O3/c1-44-30(43)16-8-9-22-21(14-16)39-28-25-23(10-12-41(22)28)40(13-11-31(35,36)37)27(24(25)19-6-3-7-20(33)26(19)34)29(42)38-18-5-2-4-17(32)15-18/h2-9,14-15,23-25,27H,10-13H2,1H3,(H,38,42)/t23-,24-,25+,27+/m0/s1. The molecule has 7 nitrogen and oxygen atoms in total. The zero-order valence-corrected chi connectivity index (χ0v) is 24.8. The van der Waals surface area contributed by atoms with Crippen LogP contribution in [0.5, 0.6) is 0 Å². The number of methoxy groups -OCH3 is 1. The fourth-order valence-corrected chi connectivity index (χ4v) is 7.05. The van der Waals surface area contributed by atoms with Gasteiger partial charge in [0, 0.05) is 41.7 Å². The Labute approximate surface area is 259 Å². The lowest BCUT2D eigenvalue weighted by atomic mass is 9.78. The third-order valence-corrected chi connectivity index (χ3v) is 8.95. The lowest BCUT2D eigenvalue weighted by molar-refractivity contribution is -0.142. The molecule has 6 rings (SSSR count). The summed E-state index contributed by atoms with van der Waals surface area (Å²) in [5.74, 6) is -3.07. The summed E-state index contributed by atoms with van der Waals surface area (Å²) in [5.41, 5.74) is 1.90. The number of carbonyl (C=O) groups excluding carboxylic acids is 2. The average Bonchev–Trinajstić information content (AvgIpc) is 3.52. The highest BCUT2D eigenvalue weighted by Gasteiger charge is 2.56. The number of anilines is 1. The smallest absolute Gasteiger partial charge is 0.390 e. The molecular weight excluding hydrogens is 623 g/mol. The fourth-order valence-electron chi connectivity index (χ4n) is 6.68. The Morgan fingerprint density at radius 1 is 1.07 bits per heavy atom. The summed E-state index contributed by atoms with van der Waals surface area (Å²) in [5, 5.41) is 2.98. The lowest BCUT2D eigenvalue weighted by Gasteiger charge is -2.34. The average molecular weight is 649 g/mol. The lowest BCUT2D eigenvalue weighted by Crippen LogP contribution is -2.47. The Kier molecular flexibility index (Phi) is 8.06. The van der Waals surface area contributed by atoms with Crippen molar-refractivity contribution in [1.82, 2.24) is 14.5 Å². The molecule has 2 aliphatic rings. The summed E-state index contributed by atoms with van der Waals surface area (Å²) < 4.78 is 63.5. The van der Waals surface area contributed by atoms with Crippen molar-refractivity contribution in [3.63, 3.8) is 0 Å². The number of likely N-dealkylation sites (tertiary alicyclic amines) is 1. The number of nitrogens with one attached hydrogen (secondary N) is 1. The monoisotopic (exact) mass is 648 g/mol. The molecule has 1 amide bonds. The summed E-state index contributed by atoms with van der Waals surface area (Å²) >= 11 is 12.3. The number of imidazole rings is 1. The Balaban J connectivity index is 1.52. The van der Waals surface area contributed by atoms with Crippen LogP contribution in [0.25, 0.3) is 11.0 Å². The van der Waals surface area contributed by atoms with Crippen molar-refractivity contribution in [2.24, 2.45) is 0 Å². The van der Waals surface area contributed by atoms with Gasteiger partial charge in [0.15, 0.2) is 0 Å². The molecule has 0 saturated carbocycles. The van der Waals surface area contributed by atoms with E-state index in [-0.39, 0.29) is 16.1 Å². The molecule has 1 aromatic heterocycles. The van der Waals surface area contributed by atoms with Crippen LogP contribution >= 0.6 is 23.2 Å². The molecule has 1 N–H and O–H groups in total. The summed E-state index contributed by atoms with van der Waals surface area (Å²) in [6.45, 7) is -0.0931. The maximum atomic E-state index is 15.8. The molecule has 4 atom stereocenters. The number of nitrogens with zero attached hydrogens (tertiary/aromatic N) is 3. The van der Waals surface area contributed by atoms with Gasteiger partial charge in [0.05, 0.1) is 41.2 Å². The van der Waals surface area contributed by atoms with E-state index in [9.17, 15) is 22.8 Å². The van der Waals surface area contributed by atoms with E-state index >= 15 is 4.39 Å². The second kappa shape index (κ2) is 11.7. The van der Waals surface area contributed by atoms with Crippen LogP contribution in [0.2, 0.25) is 10.0 Å². The van der Waals surface area contributed by atoms with E-state index in [1.165, 1.54) is 30.2 Å². The molecular formula is C31H26Cl2F4N4O3. The van der Waals surface area contributed by atoms with Gasteiger partial charge in [0.1, 0.15) is 11.6 Å². The SMILES string of the molecule is COC(=O)c1ccc2c(c1)nc1n2CC[C@H]2[C@@H]1[C@H](c1cccc(Cl)c1F)[C@H](C(=O)Nc1cccc(Cl)c1)N2CCC(F)(F)F. The molecule has 3 aromatic carbocycles. The highest BCUT2D eigenvalue weighted by molar-refractivity contribution is 6.31. The van der Waals surface area contributed by atoms with Crippen molar-refractivity contribution in [1.29, 1.82) is 0 Å². The number of alkyl halides is 3. The first kappa shape index (κ1) is 30.4. The van der Waals surface area contributed by atoms with Gasteiger partial charge >= 0.3 is 12.1 Å². The topological polar surface area (TPSA) is 76.5 Å². The number of aryl methyl sites for hydroxylation is 1. The van der Waals surface area contributed by atoms with Crippen molar-refractivity contribution in [3.05, 3.63) is 93.5 Å². The van der Waals surface area contributed by atoms with Gasteiger partial charge in [-0.05, 0) is 54.4 Å². The number of ether oxygens (including phenoxy) is 1. The Hall–Kier alpha value is -3.67. The number of fused-ring (bicyclic) bond motifs is 5. The van der Waals surface area contributed by atoms with Crippen molar-refractivity contribution in [3.8, 4) is 0 Å². The predicted octanol–water partition coefficient (Wildman–Crippen LogP) is 7.18. The Bertz CT molecular complexity index is 1760. The molecule has 3 heterocycles. The minimum atomic E-state index is -4.49. The maximum absolute atomic E-state index is 15.8.